The molecule has 0 atom stereocenters. The monoisotopic (exact) mass is 164 g/mol. The van der Waals surface area contributed by atoms with E-state index in [4.69, 9.17) is 5.84 Å². The Kier molecular flexibility index (Phi) is 2.92. The second-order valence-electron chi connectivity index (χ2n) is 2.01. The van der Waals surface area contributed by atoms with Crippen LogP contribution in [0.3, 0.4) is 0 Å². The number of hydrazine groups is 1. The number of nitrogens with one attached hydrogen (secondary N) is 1. The van der Waals surface area contributed by atoms with Gasteiger partial charge in [-0.2, -0.15) is 0 Å². The predicted molar refractivity (Wildman–Crippen MR) is 43.4 cm³/mol. The van der Waals surface area contributed by atoms with Crippen LogP contribution < -0.4 is 11.3 Å². The zero-order valence-corrected chi connectivity index (χ0v) is 6.27. The van der Waals surface area contributed by atoms with Gasteiger partial charge in [-0.15, -0.1) is 0 Å². The summed E-state index contributed by atoms with van der Waals surface area (Å²) in [7, 11) is 0. The van der Waals surface area contributed by atoms with E-state index in [0.29, 0.717) is 0 Å². The van der Waals surface area contributed by atoms with E-state index in [1.54, 1.807) is 18.5 Å². The first-order valence-electron chi connectivity index (χ1n) is 3.26. The molecule has 0 unspecified atom stereocenters. The summed E-state index contributed by atoms with van der Waals surface area (Å²) >= 11 is 0. The Labute approximate surface area is 69.3 Å². The van der Waals surface area contributed by atoms with Gasteiger partial charge in [0.2, 0.25) is 0 Å². The Balaban J connectivity index is 2.64. The quantitative estimate of drug-likeness (QED) is 0.267. The van der Waals surface area contributed by atoms with Crippen molar-refractivity contribution < 1.29 is 4.79 Å². The minimum atomic E-state index is -0.362. The van der Waals surface area contributed by atoms with Gasteiger partial charge in [-0.3, -0.25) is 10.2 Å². The van der Waals surface area contributed by atoms with Gasteiger partial charge in [-0.05, 0) is 6.08 Å². The largest absolute Gasteiger partial charge is 0.291 e. The lowest BCUT2D eigenvalue weighted by Crippen LogP contribution is -2.27. The zero-order valence-electron chi connectivity index (χ0n) is 6.27. The molecule has 0 radical (unpaired) electrons. The zero-order chi connectivity index (χ0) is 8.81. The normalized spacial score (nSPS) is 10.1. The van der Waals surface area contributed by atoms with Crippen LogP contribution in [0, 0.1) is 0 Å². The first-order valence-corrected chi connectivity index (χ1v) is 3.26. The molecule has 3 N–H and O–H groups in total. The number of nitrogens with zero attached hydrogens (tertiary/aromatic N) is 2. The molecule has 1 aromatic rings. The number of hydrogen-bond acceptors (Lipinski definition) is 4. The van der Waals surface area contributed by atoms with Crippen LogP contribution in [-0.2, 0) is 4.79 Å². The maximum atomic E-state index is 10.6. The smallest absolute Gasteiger partial charge is 0.257 e. The van der Waals surface area contributed by atoms with Crippen molar-refractivity contribution in [3.63, 3.8) is 0 Å². The molecule has 0 spiro atoms. The lowest BCUT2D eigenvalue weighted by Gasteiger charge is -1.90. The summed E-state index contributed by atoms with van der Waals surface area (Å²) in [6.45, 7) is 0. The van der Waals surface area contributed by atoms with Gasteiger partial charge in [-0.25, -0.2) is 15.8 Å². The highest BCUT2D eigenvalue weighted by Gasteiger charge is 1.89. The standard InChI is InChI=1S/C7H8N4O/c8-11-7(12)2-1-6-3-9-5-10-4-6/h1-5H,8H2,(H,11,12). The van der Waals surface area contributed by atoms with E-state index in [1.165, 1.54) is 12.4 Å². The molecule has 1 amide bonds. The summed E-state index contributed by atoms with van der Waals surface area (Å²) < 4.78 is 0. The van der Waals surface area contributed by atoms with Crippen molar-refractivity contribution in [3.8, 4) is 0 Å². The number of aromatic nitrogens is 2. The molecule has 0 fully saturated rings. The molecule has 0 saturated heterocycles. The maximum Gasteiger partial charge on any atom is 0.257 e. The molecule has 62 valence electrons. The molecule has 0 aliphatic heterocycles. The Bertz CT molecular complexity index is 283. The number of rotatable bonds is 2. The minimum Gasteiger partial charge on any atom is -0.291 e. The minimum absolute atomic E-state index is 0.362. The summed E-state index contributed by atoms with van der Waals surface area (Å²) in [6, 6.07) is 0. The lowest BCUT2D eigenvalue weighted by molar-refractivity contribution is -0.116. The summed E-state index contributed by atoms with van der Waals surface area (Å²) in [5, 5.41) is 0. The predicted octanol–water partition coefficient (Wildman–Crippen LogP) is -0.520. The molecule has 0 bridgehead atoms. The van der Waals surface area contributed by atoms with Crippen molar-refractivity contribution in [3.05, 3.63) is 30.4 Å². The fourth-order valence-electron chi connectivity index (χ4n) is 0.617. The van der Waals surface area contributed by atoms with Crippen molar-refractivity contribution in [2.24, 2.45) is 5.84 Å². The number of carbonyl (C=O) groups excluding carboxylic acids is 1. The average molecular weight is 164 g/mol. The first kappa shape index (κ1) is 8.35. The summed E-state index contributed by atoms with van der Waals surface area (Å²) in [5.41, 5.74) is 2.72. The third kappa shape index (κ3) is 2.47. The molecule has 1 aromatic heterocycles. The molecule has 0 aliphatic rings. The molecular weight excluding hydrogens is 156 g/mol. The van der Waals surface area contributed by atoms with Crippen LogP contribution in [0.5, 0.6) is 0 Å². The number of hydrogen-bond donors (Lipinski definition) is 2. The molecule has 0 aliphatic carbocycles. The van der Waals surface area contributed by atoms with Crippen LogP contribution in [-0.4, -0.2) is 15.9 Å². The topological polar surface area (TPSA) is 80.9 Å². The van der Waals surface area contributed by atoms with Crippen LogP contribution >= 0.6 is 0 Å². The van der Waals surface area contributed by atoms with Crippen LogP contribution in [0.1, 0.15) is 5.56 Å². The second-order valence-corrected chi connectivity index (χ2v) is 2.01. The van der Waals surface area contributed by atoms with Gasteiger partial charge < -0.3 is 0 Å². The van der Waals surface area contributed by atoms with Crippen LogP contribution in [0.2, 0.25) is 0 Å². The van der Waals surface area contributed by atoms with Gasteiger partial charge in [0.1, 0.15) is 6.33 Å². The Hall–Kier alpha value is -1.75. The third-order valence-electron chi connectivity index (χ3n) is 1.15. The Morgan fingerprint density at radius 2 is 2.17 bits per heavy atom. The molecule has 5 nitrogen and oxygen atoms in total. The van der Waals surface area contributed by atoms with Crippen LogP contribution in [0.15, 0.2) is 24.8 Å². The second kappa shape index (κ2) is 4.20. The van der Waals surface area contributed by atoms with Gasteiger partial charge in [0.15, 0.2) is 0 Å². The highest BCUT2D eigenvalue weighted by molar-refractivity contribution is 5.91. The van der Waals surface area contributed by atoms with Crippen molar-refractivity contribution in [1.82, 2.24) is 15.4 Å². The molecule has 0 saturated carbocycles. The van der Waals surface area contributed by atoms with Crippen LogP contribution in [0.25, 0.3) is 6.08 Å². The van der Waals surface area contributed by atoms with Gasteiger partial charge in [0, 0.05) is 24.0 Å². The Morgan fingerprint density at radius 3 is 2.75 bits per heavy atom. The summed E-state index contributed by atoms with van der Waals surface area (Å²) in [5.74, 6) is 4.49. The van der Waals surface area contributed by atoms with E-state index in [9.17, 15) is 4.79 Å². The van der Waals surface area contributed by atoms with Crippen molar-refractivity contribution in [2.75, 3.05) is 0 Å². The van der Waals surface area contributed by atoms with Gasteiger partial charge in [0.25, 0.3) is 5.91 Å². The van der Waals surface area contributed by atoms with E-state index in [-0.39, 0.29) is 5.91 Å². The van der Waals surface area contributed by atoms with E-state index < -0.39 is 0 Å². The molecule has 12 heavy (non-hydrogen) atoms. The van der Waals surface area contributed by atoms with Crippen molar-refractivity contribution in [2.45, 2.75) is 0 Å². The van der Waals surface area contributed by atoms with Crippen molar-refractivity contribution >= 4 is 12.0 Å². The van der Waals surface area contributed by atoms with E-state index in [2.05, 4.69) is 9.97 Å². The van der Waals surface area contributed by atoms with E-state index in [1.807, 2.05) is 5.43 Å². The number of amides is 1. The van der Waals surface area contributed by atoms with Gasteiger partial charge >= 0.3 is 0 Å². The summed E-state index contributed by atoms with van der Waals surface area (Å²) in [6.07, 6.45) is 7.47. The maximum absolute atomic E-state index is 10.6. The molecule has 5 heteroatoms. The molecule has 1 rings (SSSR count). The van der Waals surface area contributed by atoms with E-state index >= 15 is 0 Å². The average Bonchev–Trinajstić information content (AvgIpc) is 2.16. The molecular formula is C7H8N4O. The highest BCUT2D eigenvalue weighted by atomic mass is 16.2. The van der Waals surface area contributed by atoms with Gasteiger partial charge in [-0.1, -0.05) is 0 Å². The molecule has 1 heterocycles. The van der Waals surface area contributed by atoms with Crippen molar-refractivity contribution in [1.29, 1.82) is 0 Å². The fraction of sp³-hybridized carbons (Fsp3) is 0. The fourth-order valence-corrected chi connectivity index (χ4v) is 0.617. The summed E-state index contributed by atoms with van der Waals surface area (Å²) in [4.78, 5) is 18.1. The van der Waals surface area contributed by atoms with Crippen LogP contribution in [0.4, 0.5) is 0 Å². The SMILES string of the molecule is NNC(=O)C=Cc1cncnc1. The number of carbonyl (C=O) groups is 1. The first-order chi connectivity index (χ1) is 5.83. The van der Waals surface area contributed by atoms with Gasteiger partial charge in [0.05, 0.1) is 0 Å². The third-order valence-corrected chi connectivity index (χ3v) is 1.15. The molecule has 0 aromatic carbocycles. The lowest BCUT2D eigenvalue weighted by atomic mass is 10.3. The Morgan fingerprint density at radius 1 is 1.50 bits per heavy atom. The van der Waals surface area contributed by atoms with E-state index in [0.717, 1.165) is 5.56 Å². The highest BCUT2D eigenvalue weighted by Crippen LogP contribution is 1.94. The number of nitrogens with two attached hydrogens (primary N) is 1.